The molecule has 1 saturated heterocycles. The third kappa shape index (κ3) is 2.95. The molecule has 1 fully saturated rings. The molecule has 0 aliphatic carbocycles. The summed E-state index contributed by atoms with van der Waals surface area (Å²) in [5.41, 5.74) is 4.25. The molecule has 4 rings (SSSR count). The van der Waals surface area contributed by atoms with Gasteiger partial charge in [-0.15, -0.1) is 0 Å². The number of piperazine rings is 1. The van der Waals surface area contributed by atoms with Gasteiger partial charge in [-0.3, -0.25) is 4.79 Å². The van der Waals surface area contributed by atoms with Crippen LogP contribution in [0.4, 0.5) is 5.69 Å². The molecule has 26 heavy (non-hydrogen) atoms. The predicted molar refractivity (Wildman–Crippen MR) is 107 cm³/mol. The highest BCUT2D eigenvalue weighted by Crippen LogP contribution is 2.26. The number of fused-ring (bicyclic) bond motifs is 1. The lowest BCUT2D eigenvalue weighted by Crippen LogP contribution is -2.49. The van der Waals surface area contributed by atoms with E-state index in [2.05, 4.69) is 11.8 Å². The predicted octanol–water partition coefficient (Wildman–Crippen LogP) is 4.10. The highest BCUT2D eigenvalue weighted by molar-refractivity contribution is 6.30. The quantitative estimate of drug-likeness (QED) is 0.682. The van der Waals surface area contributed by atoms with Crippen LogP contribution in [0.15, 0.2) is 48.7 Å². The van der Waals surface area contributed by atoms with E-state index in [0.717, 1.165) is 40.3 Å². The van der Waals surface area contributed by atoms with Crippen molar-refractivity contribution in [1.82, 2.24) is 9.47 Å². The third-order valence-electron chi connectivity index (χ3n) is 5.21. The Hall–Kier alpha value is -2.46. The monoisotopic (exact) mass is 367 g/mol. The zero-order valence-corrected chi connectivity index (χ0v) is 15.8. The molecule has 2 heterocycles. The van der Waals surface area contributed by atoms with Crippen LogP contribution >= 0.6 is 11.6 Å². The van der Waals surface area contributed by atoms with Crippen LogP contribution in [-0.4, -0.2) is 41.6 Å². The molecule has 1 amide bonds. The minimum absolute atomic E-state index is 0.115. The lowest BCUT2D eigenvalue weighted by atomic mass is 10.1. The number of anilines is 1. The lowest BCUT2D eigenvalue weighted by molar-refractivity contribution is 0.0748. The normalized spacial score (nSPS) is 14.9. The fourth-order valence-electron chi connectivity index (χ4n) is 3.76. The number of nitrogens with zero attached hydrogens (tertiary/aromatic N) is 3. The van der Waals surface area contributed by atoms with E-state index < -0.39 is 0 Å². The largest absolute Gasteiger partial charge is 0.368 e. The fourth-order valence-corrected chi connectivity index (χ4v) is 3.92. The standard InChI is InChI=1S/C21H22ClN3O/c1-15-7-8-16(22)13-20(15)24-9-11-25(12-10-24)21(26)18-14-23(2)19-6-4-3-5-17(18)19/h3-8,13-14H,9-12H2,1-2H3. The van der Waals surface area contributed by atoms with Gasteiger partial charge in [-0.1, -0.05) is 35.9 Å². The molecule has 0 saturated carbocycles. The van der Waals surface area contributed by atoms with Crippen LogP contribution in [0.5, 0.6) is 0 Å². The number of aryl methyl sites for hydroxylation is 2. The molecule has 0 spiro atoms. The maximum atomic E-state index is 13.1. The van der Waals surface area contributed by atoms with Crippen LogP contribution in [-0.2, 0) is 7.05 Å². The minimum Gasteiger partial charge on any atom is -0.368 e. The Bertz CT molecular complexity index is 971. The number of para-hydroxylation sites is 1. The molecule has 134 valence electrons. The Morgan fingerprint density at radius 3 is 2.54 bits per heavy atom. The number of hydrogen-bond donors (Lipinski definition) is 0. The molecule has 0 radical (unpaired) electrons. The topological polar surface area (TPSA) is 28.5 Å². The van der Waals surface area contributed by atoms with Gasteiger partial charge in [0.1, 0.15) is 0 Å². The summed E-state index contributed by atoms with van der Waals surface area (Å²) >= 11 is 6.16. The molecule has 3 aromatic rings. The zero-order valence-electron chi connectivity index (χ0n) is 15.1. The van der Waals surface area contributed by atoms with Gasteiger partial charge in [0.25, 0.3) is 5.91 Å². The van der Waals surface area contributed by atoms with Gasteiger partial charge < -0.3 is 14.4 Å². The molecule has 4 nitrogen and oxygen atoms in total. The van der Waals surface area contributed by atoms with Gasteiger partial charge >= 0.3 is 0 Å². The van der Waals surface area contributed by atoms with E-state index in [1.165, 1.54) is 5.56 Å². The molecule has 1 aliphatic rings. The zero-order chi connectivity index (χ0) is 18.3. The first-order chi connectivity index (χ1) is 12.5. The average Bonchev–Trinajstić information content (AvgIpc) is 3.00. The van der Waals surface area contributed by atoms with E-state index in [-0.39, 0.29) is 5.91 Å². The van der Waals surface area contributed by atoms with E-state index in [1.54, 1.807) is 0 Å². The molecule has 1 aromatic heterocycles. The number of benzene rings is 2. The van der Waals surface area contributed by atoms with Crippen LogP contribution in [0, 0.1) is 6.92 Å². The number of amides is 1. The van der Waals surface area contributed by atoms with Gasteiger partial charge in [0, 0.05) is 61.0 Å². The first-order valence-corrected chi connectivity index (χ1v) is 9.27. The van der Waals surface area contributed by atoms with Gasteiger partial charge in [-0.2, -0.15) is 0 Å². The molecule has 5 heteroatoms. The number of aromatic nitrogens is 1. The first kappa shape index (κ1) is 17.0. The van der Waals surface area contributed by atoms with Crippen molar-refractivity contribution in [2.24, 2.45) is 7.05 Å². The Kier molecular flexibility index (Phi) is 4.37. The maximum Gasteiger partial charge on any atom is 0.256 e. The lowest BCUT2D eigenvalue weighted by Gasteiger charge is -2.36. The van der Waals surface area contributed by atoms with Crippen LogP contribution < -0.4 is 4.90 Å². The van der Waals surface area contributed by atoms with Gasteiger partial charge in [0.2, 0.25) is 0 Å². The molecule has 0 unspecified atom stereocenters. The molecule has 0 atom stereocenters. The molecule has 1 aliphatic heterocycles. The van der Waals surface area contributed by atoms with Gasteiger partial charge in [-0.05, 0) is 30.7 Å². The van der Waals surface area contributed by atoms with E-state index in [1.807, 2.05) is 65.2 Å². The van der Waals surface area contributed by atoms with E-state index in [4.69, 9.17) is 11.6 Å². The molecular weight excluding hydrogens is 346 g/mol. The summed E-state index contributed by atoms with van der Waals surface area (Å²) in [6.07, 6.45) is 1.94. The molecular formula is C21H22ClN3O. The highest BCUT2D eigenvalue weighted by atomic mass is 35.5. The van der Waals surface area contributed by atoms with E-state index >= 15 is 0 Å². The smallest absolute Gasteiger partial charge is 0.256 e. The van der Waals surface area contributed by atoms with Crippen molar-refractivity contribution < 1.29 is 4.79 Å². The summed E-state index contributed by atoms with van der Waals surface area (Å²) in [4.78, 5) is 17.3. The van der Waals surface area contributed by atoms with Gasteiger partial charge in [-0.25, -0.2) is 0 Å². The number of carbonyl (C=O) groups is 1. The number of rotatable bonds is 2. The van der Waals surface area contributed by atoms with Crippen LogP contribution in [0.3, 0.4) is 0 Å². The maximum absolute atomic E-state index is 13.1. The number of halogens is 1. The van der Waals surface area contributed by atoms with Crippen molar-refractivity contribution in [2.45, 2.75) is 6.92 Å². The molecule has 0 N–H and O–H groups in total. The summed E-state index contributed by atoms with van der Waals surface area (Å²) in [5.74, 6) is 0.115. The van der Waals surface area contributed by atoms with Crippen LogP contribution in [0.25, 0.3) is 10.9 Å². The third-order valence-corrected chi connectivity index (χ3v) is 5.44. The summed E-state index contributed by atoms with van der Waals surface area (Å²) in [6.45, 7) is 5.16. The van der Waals surface area contributed by atoms with Crippen molar-refractivity contribution in [2.75, 3.05) is 31.1 Å². The van der Waals surface area contributed by atoms with Crippen molar-refractivity contribution in [3.63, 3.8) is 0 Å². The minimum atomic E-state index is 0.115. The van der Waals surface area contributed by atoms with Crippen molar-refractivity contribution in [3.05, 3.63) is 64.8 Å². The van der Waals surface area contributed by atoms with Crippen LogP contribution in [0.1, 0.15) is 15.9 Å². The van der Waals surface area contributed by atoms with Crippen LogP contribution in [0.2, 0.25) is 5.02 Å². The average molecular weight is 368 g/mol. The van der Waals surface area contributed by atoms with Crippen molar-refractivity contribution >= 4 is 34.1 Å². The summed E-state index contributed by atoms with van der Waals surface area (Å²) in [6, 6.07) is 14.0. The van der Waals surface area contributed by atoms with Crippen molar-refractivity contribution in [1.29, 1.82) is 0 Å². The van der Waals surface area contributed by atoms with E-state index in [9.17, 15) is 4.79 Å². The second-order valence-corrected chi connectivity index (χ2v) is 7.32. The van der Waals surface area contributed by atoms with Gasteiger partial charge in [0.15, 0.2) is 0 Å². The molecule has 2 aromatic carbocycles. The highest BCUT2D eigenvalue weighted by Gasteiger charge is 2.25. The second kappa shape index (κ2) is 6.69. The summed E-state index contributed by atoms with van der Waals surface area (Å²) in [5, 5.41) is 1.77. The Morgan fingerprint density at radius 1 is 1.04 bits per heavy atom. The summed E-state index contributed by atoms with van der Waals surface area (Å²) < 4.78 is 2.02. The molecule has 0 bridgehead atoms. The Morgan fingerprint density at radius 2 is 1.77 bits per heavy atom. The second-order valence-electron chi connectivity index (χ2n) is 6.88. The Balaban J connectivity index is 1.52. The van der Waals surface area contributed by atoms with E-state index in [0.29, 0.717) is 13.1 Å². The summed E-state index contributed by atoms with van der Waals surface area (Å²) in [7, 11) is 1.99. The van der Waals surface area contributed by atoms with Crippen molar-refractivity contribution in [3.8, 4) is 0 Å². The van der Waals surface area contributed by atoms with Gasteiger partial charge in [0.05, 0.1) is 5.56 Å². The number of hydrogen-bond acceptors (Lipinski definition) is 2. The fraction of sp³-hybridized carbons (Fsp3) is 0.286. The SMILES string of the molecule is Cc1ccc(Cl)cc1N1CCN(C(=O)c2cn(C)c3ccccc23)CC1. The number of carbonyl (C=O) groups excluding carboxylic acids is 1. The first-order valence-electron chi connectivity index (χ1n) is 8.89. The Labute approximate surface area is 158 Å².